The van der Waals surface area contributed by atoms with Crippen molar-refractivity contribution in [3.05, 3.63) is 74.1 Å². The molecule has 31 heavy (non-hydrogen) atoms. The molecule has 2 aromatic rings. The third-order valence-electron chi connectivity index (χ3n) is 6.38. The highest BCUT2D eigenvalue weighted by Crippen LogP contribution is 2.44. The lowest BCUT2D eigenvalue weighted by Crippen LogP contribution is -2.49. The minimum Gasteiger partial charge on any atom is -0.478 e. The van der Waals surface area contributed by atoms with Crippen LogP contribution in [0.1, 0.15) is 26.4 Å². The maximum Gasteiger partial charge on any atom is 0.337 e. The van der Waals surface area contributed by atoms with Crippen molar-refractivity contribution in [2.75, 3.05) is 33.1 Å². The van der Waals surface area contributed by atoms with Gasteiger partial charge in [0.2, 0.25) is 0 Å². The smallest absolute Gasteiger partial charge is 0.337 e. The highest BCUT2D eigenvalue weighted by atomic mass is 32.1. The number of anilines is 1. The van der Waals surface area contributed by atoms with Crippen LogP contribution in [0, 0.1) is 6.92 Å². The number of benzene rings is 1. The molecule has 6 heteroatoms. The quantitative estimate of drug-likeness (QED) is 0.561. The highest BCUT2D eigenvalue weighted by Gasteiger charge is 2.41. The lowest BCUT2D eigenvalue weighted by atomic mass is 9.88. The van der Waals surface area contributed by atoms with Crippen LogP contribution in [0.2, 0.25) is 13.1 Å². The third-order valence-corrected chi connectivity index (χ3v) is 10.8. The molecule has 4 rings (SSSR count). The summed E-state index contributed by atoms with van der Waals surface area (Å²) in [5.41, 5.74) is 7.01. The van der Waals surface area contributed by atoms with Crippen molar-refractivity contribution in [3.63, 3.8) is 0 Å². The maximum absolute atomic E-state index is 12.1. The van der Waals surface area contributed by atoms with Crippen LogP contribution in [0.5, 0.6) is 0 Å². The van der Waals surface area contributed by atoms with E-state index in [9.17, 15) is 9.90 Å². The molecule has 0 unspecified atom stereocenters. The van der Waals surface area contributed by atoms with Gasteiger partial charge in [0.15, 0.2) is 5.71 Å². The summed E-state index contributed by atoms with van der Waals surface area (Å²) < 4.78 is 2.13. The molecule has 1 aromatic heterocycles. The van der Waals surface area contributed by atoms with Crippen LogP contribution in [-0.4, -0.2) is 57.6 Å². The SMILES string of the molecule is Cc1scc(C(=O)O)c1C1=C2C=CC(=[N+](C)C)C=C2[Si](C)(C)c2cc(N(C)C)ccc21. The second-order valence-electron chi connectivity index (χ2n) is 9.13. The van der Waals surface area contributed by atoms with E-state index in [0.29, 0.717) is 5.56 Å². The van der Waals surface area contributed by atoms with Crippen molar-refractivity contribution in [1.82, 2.24) is 0 Å². The van der Waals surface area contributed by atoms with Gasteiger partial charge in [-0.1, -0.05) is 19.2 Å². The lowest BCUT2D eigenvalue weighted by Gasteiger charge is -2.38. The Kier molecular flexibility index (Phi) is 5.18. The molecule has 1 aromatic carbocycles. The van der Waals surface area contributed by atoms with Crippen LogP contribution in [0.25, 0.3) is 5.57 Å². The Morgan fingerprint density at radius 3 is 2.48 bits per heavy atom. The molecule has 160 valence electrons. The predicted molar refractivity (Wildman–Crippen MR) is 134 cm³/mol. The van der Waals surface area contributed by atoms with E-state index in [0.717, 1.165) is 16.0 Å². The fourth-order valence-corrected chi connectivity index (χ4v) is 8.49. The Hall–Kier alpha value is -2.70. The summed E-state index contributed by atoms with van der Waals surface area (Å²) in [4.78, 5) is 15.3. The highest BCUT2D eigenvalue weighted by molar-refractivity contribution is 7.10. The molecule has 2 aliphatic rings. The zero-order valence-electron chi connectivity index (χ0n) is 19.2. The Labute approximate surface area is 189 Å². The summed E-state index contributed by atoms with van der Waals surface area (Å²) in [5.74, 6) is -0.869. The molecular weight excluding hydrogens is 420 g/mol. The van der Waals surface area contributed by atoms with Gasteiger partial charge >= 0.3 is 5.97 Å². The van der Waals surface area contributed by atoms with E-state index in [-0.39, 0.29) is 0 Å². The van der Waals surface area contributed by atoms with Crippen molar-refractivity contribution in [2.45, 2.75) is 20.0 Å². The molecule has 1 aliphatic heterocycles. The van der Waals surface area contributed by atoms with Gasteiger partial charge in [-0.2, -0.15) is 0 Å². The second-order valence-corrected chi connectivity index (χ2v) is 14.5. The Morgan fingerprint density at radius 2 is 1.87 bits per heavy atom. The van der Waals surface area contributed by atoms with Gasteiger partial charge in [-0.05, 0) is 52.2 Å². The average Bonchev–Trinajstić information content (AvgIpc) is 3.09. The number of nitrogens with zero attached hydrogens (tertiary/aromatic N) is 2. The molecule has 0 atom stereocenters. The number of allylic oxidation sites excluding steroid dienone is 5. The average molecular weight is 450 g/mol. The van der Waals surface area contributed by atoms with E-state index in [2.05, 4.69) is 87.2 Å². The van der Waals surface area contributed by atoms with Gasteiger partial charge in [-0.25, -0.2) is 9.37 Å². The number of carboxylic acids is 1. The lowest BCUT2D eigenvalue weighted by molar-refractivity contribution is -0.462. The van der Waals surface area contributed by atoms with Crippen LogP contribution >= 0.6 is 11.3 Å². The molecule has 0 saturated heterocycles. The van der Waals surface area contributed by atoms with Gasteiger partial charge in [0, 0.05) is 47.8 Å². The first-order chi connectivity index (χ1) is 14.5. The minimum atomic E-state index is -2.02. The summed E-state index contributed by atoms with van der Waals surface area (Å²) in [6.45, 7) is 6.83. The number of rotatable bonds is 3. The number of aromatic carboxylic acids is 1. The third kappa shape index (κ3) is 3.34. The van der Waals surface area contributed by atoms with E-state index in [4.69, 9.17) is 0 Å². The van der Waals surface area contributed by atoms with Crippen LogP contribution in [-0.2, 0) is 0 Å². The van der Waals surface area contributed by atoms with Crippen molar-refractivity contribution in [3.8, 4) is 0 Å². The molecule has 0 amide bonds. The largest absolute Gasteiger partial charge is 0.478 e. The molecule has 4 nitrogen and oxygen atoms in total. The molecular formula is C25H29N2O2SSi+. The van der Waals surface area contributed by atoms with Crippen molar-refractivity contribution < 1.29 is 14.5 Å². The molecule has 0 bridgehead atoms. The molecule has 0 spiro atoms. The standard InChI is InChI=1S/C25H28N2O2SSi/c1-15-23(20(14-30-15)25(28)29)24-18-10-8-16(26(2)3)12-21(18)31(6,7)22-13-17(27(4)5)9-11-19(22)24/h8-14H,1-7H3/p+1. The maximum atomic E-state index is 12.1. The molecule has 2 heterocycles. The van der Waals surface area contributed by atoms with Crippen molar-refractivity contribution in [2.24, 2.45) is 0 Å². The Morgan fingerprint density at radius 1 is 1.16 bits per heavy atom. The van der Waals surface area contributed by atoms with Gasteiger partial charge in [-0.3, -0.25) is 0 Å². The number of aryl methyl sites for hydroxylation is 1. The zero-order valence-corrected chi connectivity index (χ0v) is 21.0. The van der Waals surface area contributed by atoms with E-state index in [1.54, 1.807) is 5.38 Å². The number of fused-ring (bicyclic) bond motifs is 2. The Bertz CT molecular complexity index is 1240. The summed E-state index contributed by atoms with van der Waals surface area (Å²) in [6.07, 6.45) is 6.65. The molecule has 1 N–H and O–H groups in total. The minimum absolute atomic E-state index is 0.393. The molecule has 1 aliphatic carbocycles. The van der Waals surface area contributed by atoms with Gasteiger partial charge in [-0.15, -0.1) is 11.3 Å². The number of hydrogen-bond donors (Lipinski definition) is 1. The van der Waals surface area contributed by atoms with Crippen LogP contribution in [0.4, 0.5) is 5.69 Å². The van der Waals surface area contributed by atoms with Gasteiger partial charge in [0.25, 0.3) is 0 Å². The molecule has 0 saturated carbocycles. The van der Waals surface area contributed by atoms with Crippen molar-refractivity contribution >= 4 is 47.5 Å². The number of carbonyl (C=O) groups is 1. The second kappa shape index (κ2) is 7.46. The zero-order chi connectivity index (χ0) is 22.7. The van der Waals surface area contributed by atoms with Crippen LogP contribution in [0.3, 0.4) is 0 Å². The van der Waals surface area contributed by atoms with E-state index < -0.39 is 14.0 Å². The normalized spacial score (nSPS) is 16.6. The van der Waals surface area contributed by atoms with Gasteiger partial charge < -0.3 is 10.0 Å². The van der Waals surface area contributed by atoms with Gasteiger partial charge in [0.1, 0.15) is 22.2 Å². The summed E-state index contributed by atoms with van der Waals surface area (Å²) in [6, 6.07) is 6.65. The van der Waals surface area contributed by atoms with Crippen molar-refractivity contribution in [1.29, 1.82) is 0 Å². The first-order valence-corrected chi connectivity index (χ1v) is 14.2. The van der Waals surface area contributed by atoms with E-state index in [1.165, 1.54) is 44.3 Å². The van der Waals surface area contributed by atoms with Gasteiger partial charge in [0.05, 0.1) is 5.56 Å². The number of hydrogen-bond acceptors (Lipinski definition) is 3. The summed E-state index contributed by atoms with van der Waals surface area (Å²) in [5, 5.41) is 14.4. The summed E-state index contributed by atoms with van der Waals surface area (Å²) in [7, 11) is 6.23. The van der Waals surface area contributed by atoms with Crippen LogP contribution < -0.4 is 10.1 Å². The number of thiophene rings is 1. The summed E-state index contributed by atoms with van der Waals surface area (Å²) >= 11 is 1.51. The Balaban J connectivity index is 2.15. The number of carboxylic acid groups (broad SMARTS) is 1. The molecule has 0 fully saturated rings. The molecule has 0 radical (unpaired) electrons. The fraction of sp³-hybridized carbons (Fsp3) is 0.280. The van der Waals surface area contributed by atoms with Crippen LogP contribution in [0.15, 0.2) is 52.6 Å². The fourth-order valence-electron chi connectivity index (χ4n) is 4.57. The van der Waals surface area contributed by atoms with E-state index in [1.807, 2.05) is 6.92 Å². The monoisotopic (exact) mass is 449 g/mol. The first kappa shape index (κ1) is 21.5. The predicted octanol–water partition coefficient (Wildman–Crippen LogP) is 4.30. The topological polar surface area (TPSA) is 43.5 Å². The van der Waals surface area contributed by atoms with E-state index >= 15 is 0 Å². The first-order valence-electron chi connectivity index (χ1n) is 10.4.